The van der Waals surface area contributed by atoms with Crippen LogP contribution in [-0.2, 0) is 0 Å². The number of nitrogens with one attached hydrogen (secondary N) is 1. The van der Waals surface area contributed by atoms with Gasteiger partial charge in [-0.1, -0.05) is 48.6 Å². The van der Waals surface area contributed by atoms with Crippen LogP contribution >= 0.6 is 0 Å². The van der Waals surface area contributed by atoms with Crippen LogP contribution in [0.1, 0.15) is 11.1 Å². The fraction of sp³-hybridized carbons (Fsp3) is 0.0833. The van der Waals surface area contributed by atoms with Crippen molar-refractivity contribution in [2.45, 2.75) is 6.92 Å². The quantitative estimate of drug-likeness (QED) is 0.533. The first-order valence-corrected chi connectivity index (χ1v) is 4.18. The second-order valence-corrected chi connectivity index (χ2v) is 2.87. The highest BCUT2D eigenvalue weighted by Crippen LogP contribution is 2.13. The second kappa shape index (κ2) is 4.41. The summed E-state index contributed by atoms with van der Waals surface area (Å²) in [5.41, 5.74) is 3.16. The van der Waals surface area contributed by atoms with E-state index in [0.29, 0.717) is 0 Å². The van der Waals surface area contributed by atoms with E-state index in [2.05, 4.69) is 12.6 Å². The molecule has 0 aliphatic heterocycles. The van der Waals surface area contributed by atoms with Gasteiger partial charge in [0.2, 0.25) is 0 Å². The van der Waals surface area contributed by atoms with Gasteiger partial charge in [0.05, 0.1) is 0 Å². The van der Waals surface area contributed by atoms with Gasteiger partial charge in [-0.05, 0) is 18.1 Å². The molecule has 1 nitrogen and oxygen atoms in total. The molecule has 0 saturated carbocycles. The summed E-state index contributed by atoms with van der Waals surface area (Å²) >= 11 is 0. The molecule has 0 spiro atoms. The number of benzene rings is 1. The van der Waals surface area contributed by atoms with E-state index in [1.807, 2.05) is 31.2 Å². The molecule has 0 aliphatic carbocycles. The summed E-state index contributed by atoms with van der Waals surface area (Å²) in [5.74, 6) is 0. The minimum atomic E-state index is 0.888. The van der Waals surface area contributed by atoms with Crippen LogP contribution in [0.4, 0.5) is 0 Å². The third kappa shape index (κ3) is 2.41. The van der Waals surface area contributed by atoms with E-state index in [0.717, 1.165) is 11.1 Å². The number of rotatable bonds is 3. The molecule has 0 unspecified atom stereocenters. The molecule has 1 heteroatoms. The molecule has 0 heterocycles. The smallest absolute Gasteiger partial charge is 0.0256 e. The molecule has 1 N–H and O–H groups in total. The van der Waals surface area contributed by atoms with E-state index in [4.69, 9.17) is 5.41 Å². The molecule has 13 heavy (non-hydrogen) atoms. The van der Waals surface area contributed by atoms with Crippen molar-refractivity contribution in [2.75, 3.05) is 0 Å². The summed E-state index contributed by atoms with van der Waals surface area (Å²) in [6, 6.07) is 8.08. The summed E-state index contributed by atoms with van der Waals surface area (Å²) in [5, 5.41) is 7.23. The van der Waals surface area contributed by atoms with Crippen molar-refractivity contribution < 1.29 is 0 Å². The van der Waals surface area contributed by atoms with Gasteiger partial charge in [-0.15, -0.1) is 0 Å². The predicted octanol–water partition coefficient (Wildman–Crippen LogP) is 3.21. The highest BCUT2D eigenvalue weighted by Gasteiger charge is 1.96. The minimum Gasteiger partial charge on any atom is -0.308 e. The summed E-state index contributed by atoms with van der Waals surface area (Å²) in [7, 11) is 0. The Morgan fingerprint density at radius 3 is 2.77 bits per heavy atom. The standard InChI is InChI=1S/C12H13N/c1-3-5-12(9-13)11-7-4-6-10(2)8-11/h3-9,13H,1H2,2H3/b12-5+,13-9?. The fourth-order valence-corrected chi connectivity index (χ4v) is 1.18. The normalized spacial score (nSPS) is 11.0. The molecule has 1 aromatic carbocycles. The Labute approximate surface area is 78.9 Å². The zero-order valence-corrected chi connectivity index (χ0v) is 7.75. The van der Waals surface area contributed by atoms with Crippen molar-refractivity contribution in [3.8, 4) is 0 Å². The summed E-state index contributed by atoms with van der Waals surface area (Å²) in [6.45, 7) is 5.66. The maximum atomic E-state index is 7.23. The van der Waals surface area contributed by atoms with Gasteiger partial charge in [-0.2, -0.15) is 0 Å². The molecule has 0 saturated heterocycles. The minimum absolute atomic E-state index is 0.888. The van der Waals surface area contributed by atoms with Crippen LogP contribution in [-0.4, -0.2) is 6.21 Å². The van der Waals surface area contributed by atoms with E-state index < -0.39 is 0 Å². The van der Waals surface area contributed by atoms with E-state index in [9.17, 15) is 0 Å². The van der Waals surface area contributed by atoms with E-state index in [-0.39, 0.29) is 0 Å². The molecule has 0 radical (unpaired) electrons. The SMILES string of the molecule is C=C/C=C(\C=N)c1cccc(C)c1. The van der Waals surface area contributed by atoms with Crippen molar-refractivity contribution in [3.63, 3.8) is 0 Å². The Kier molecular flexibility index (Phi) is 3.21. The van der Waals surface area contributed by atoms with Gasteiger partial charge >= 0.3 is 0 Å². The Morgan fingerprint density at radius 2 is 2.23 bits per heavy atom. The fourth-order valence-electron chi connectivity index (χ4n) is 1.18. The monoisotopic (exact) mass is 171 g/mol. The molecule has 0 atom stereocenters. The van der Waals surface area contributed by atoms with Gasteiger partial charge in [0, 0.05) is 6.21 Å². The average Bonchev–Trinajstić information content (AvgIpc) is 2.14. The number of aryl methyl sites for hydroxylation is 1. The van der Waals surface area contributed by atoms with Gasteiger partial charge in [0.15, 0.2) is 0 Å². The molecule has 0 aliphatic rings. The van der Waals surface area contributed by atoms with Crippen molar-refractivity contribution in [1.29, 1.82) is 5.41 Å². The Morgan fingerprint density at radius 1 is 1.46 bits per heavy atom. The first kappa shape index (κ1) is 9.46. The van der Waals surface area contributed by atoms with Crippen LogP contribution in [0.25, 0.3) is 5.57 Å². The lowest BCUT2D eigenvalue weighted by Crippen LogP contribution is -1.85. The van der Waals surface area contributed by atoms with E-state index in [1.165, 1.54) is 11.8 Å². The third-order valence-electron chi connectivity index (χ3n) is 1.80. The topological polar surface area (TPSA) is 23.9 Å². The van der Waals surface area contributed by atoms with Crippen molar-refractivity contribution in [2.24, 2.45) is 0 Å². The third-order valence-corrected chi connectivity index (χ3v) is 1.80. The van der Waals surface area contributed by atoms with E-state index in [1.54, 1.807) is 6.08 Å². The van der Waals surface area contributed by atoms with Gasteiger partial charge in [0.1, 0.15) is 0 Å². The van der Waals surface area contributed by atoms with Gasteiger partial charge in [-0.3, -0.25) is 0 Å². The van der Waals surface area contributed by atoms with Crippen LogP contribution < -0.4 is 0 Å². The van der Waals surface area contributed by atoms with Crippen molar-refractivity contribution in [3.05, 3.63) is 54.1 Å². The van der Waals surface area contributed by atoms with E-state index >= 15 is 0 Å². The molecule has 0 aromatic heterocycles. The zero-order chi connectivity index (χ0) is 9.68. The summed E-state index contributed by atoms with van der Waals surface area (Å²) in [6.07, 6.45) is 4.88. The summed E-state index contributed by atoms with van der Waals surface area (Å²) in [4.78, 5) is 0. The summed E-state index contributed by atoms with van der Waals surface area (Å²) < 4.78 is 0. The Bertz CT molecular complexity index is 348. The highest BCUT2D eigenvalue weighted by molar-refractivity contribution is 6.08. The lowest BCUT2D eigenvalue weighted by Gasteiger charge is -2.01. The predicted molar refractivity (Wildman–Crippen MR) is 58.1 cm³/mol. The average molecular weight is 171 g/mol. The molecular weight excluding hydrogens is 158 g/mol. The molecule has 0 fully saturated rings. The largest absolute Gasteiger partial charge is 0.308 e. The zero-order valence-electron chi connectivity index (χ0n) is 7.75. The Hall–Kier alpha value is -1.63. The molecule has 0 amide bonds. The second-order valence-electron chi connectivity index (χ2n) is 2.87. The van der Waals surface area contributed by atoms with Crippen LogP contribution in [0.2, 0.25) is 0 Å². The van der Waals surface area contributed by atoms with Crippen molar-refractivity contribution in [1.82, 2.24) is 0 Å². The lowest BCUT2D eigenvalue weighted by atomic mass is 10.0. The number of hydrogen-bond donors (Lipinski definition) is 1. The number of hydrogen-bond acceptors (Lipinski definition) is 1. The first-order valence-electron chi connectivity index (χ1n) is 4.18. The molecular formula is C12H13N. The molecule has 1 rings (SSSR count). The maximum Gasteiger partial charge on any atom is 0.0256 e. The molecule has 0 bridgehead atoms. The van der Waals surface area contributed by atoms with Gasteiger partial charge in [0.25, 0.3) is 0 Å². The highest BCUT2D eigenvalue weighted by atomic mass is 14.3. The van der Waals surface area contributed by atoms with Crippen LogP contribution in [0.15, 0.2) is 43.0 Å². The van der Waals surface area contributed by atoms with Gasteiger partial charge < -0.3 is 5.41 Å². The Balaban J connectivity index is 3.12. The van der Waals surface area contributed by atoms with Crippen LogP contribution in [0.3, 0.4) is 0 Å². The van der Waals surface area contributed by atoms with Crippen LogP contribution in [0, 0.1) is 12.3 Å². The first-order chi connectivity index (χ1) is 6.27. The number of allylic oxidation sites excluding steroid dienone is 3. The molecule has 66 valence electrons. The maximum absolute atomic E-state index is 7.23. The lowest BCUT2D eigenvalue weighted by molar-refractivity contribution is 1.45. The van der Waals surface area contributed by atoms with Crippen molar-refractivity contribution >= 4 is 11.8 Å². The van der Waals surface area contributed by atoms with Crippen LogP contribution in [0.5, 0.6) is 0 Å². The van der Waals surface area contributed by atoms with Gasteiger partial charge in [-0.25, -0.2) is 0 Å². The molecule has 1 aromatic rings.